The number of aliphatic hydroxyl groups excluding tert-OH is 1. The van der Waals surface area contributed by atoms with Crippen LogP contribution in [0, 0.1) is 15.5 Å². The van der Waals surface area contributed by atoms with Crippen LogP contribution in [0.25, 0.3) is 0 Å². The molecule has 0 aromatic heterocycles. The van der Waals surface area contributed by atoms with Gasteiger partial charge < -0.3 is 15.3 Å². The summed E-state index contributed by atoms with van der Waals surface area (Å²) < 4.78 is 0. The highest BCUT2D eigenvalue weighted by atomic mass is 16.6. The summed E-state index contributed by atoms with van der Waals surface area (Å²) in [6.45, 7) is 5.67. The number of carbonyl (C=O) groups is 1. The summed E-state index contributed by atoms with van der Waals surface area (Å²) in [5.74, 6) is 0. The number of aliphatic hydroxyl groups is 1. The molecule has 1 aromatic carbocycles. The molecule has 0 spiro atoms. The Labute approximate surface area is 141 Å². The van der Waals surface area contributed by atoms with Crippen LogP contribution in [0.1, 0.15) is 37.8 Å². The van der Waals surface area contributed by atoms with Crippen LogP contribution in [-0.2, 0) is 13.0 Å². The van der Waals surface area contributed by atoms with Gasteiger partial charge in [-0.05, 0) is 35.8 Å². The molecule has 0 saturated carbocycles. The van der Waals surface area contributed by atoms with E-state index in [4.69, 9.17) is 0 Å². The van der Waals surface area contributed by atoms with Gasteiger partial charge in [-0.2, -0.15) is 0 Å². The number of rotatable bonds is 6. The highest BCUT2D eigenvalue weighted by Crippen LogP contribution is 2.24. The summed E-state index contributed by atoms with van der Waals surface area (Å²) in [7, 11) is 0. The van der Waals surface area contributed by atoms with Gasteiger partial charge in [-0.15, -0.1) is 0 Å². The SMILES string of the molecule is CC(C)(CO)CCCNC(=O)N1CCc2ccc([N+](=O)[O-])cc2C1. The minimum atomic E-state index is -0.414. The number of hydrogen-bond donors (Lipinski definition) is 2. The molecule has 1 heterocycles. The first-order valence-electron chi connectivity index (χ1n) is 8.22. The molecule has 1 aromatic rings. The number of nitro groups is 1. The van der Waals surface area contributed by atoms with Gasteiger partial charge in [0.1, 0.15) is 0 Å². The first-order valence-corrected chi connectivity index (χ1v) is 8.22. The van der Waals surface area contributed by atoms with Gasteiger partial charge in [0.15, 0.2) is 0 Å². The first-order chi connectivity index (χ1) is 11.3. The Balaban J connectivity index is 1.87. The number of fused-ring (bicyclic) bond motifs is 1. The molecule has 24 heavy (non-hydrogen) atoms. The number of nitrogens with zero attached hydrogens (tertiary/aromatic N) is 2. The van der Waals surface area contributed by atoms with Gasteiger partial charge in [0.2, 0.25) is 0 Å². The topological polar surface area (TPSA) is 95.7 Å². The van der Waals surface area contributed by atoms with Crippen molar-refractivity contribution in [2.75, 3.05) is 19.7 Å². The number of carbonyl (C=O) groups excluding carboxylic acids is 1. The number of nitrogens with one attached hydrogen (secondary N) is 1. The molecule has 1 aliphatic rings. The van der Waals surface area contributed by atoms with E-state index in [-0.39, 0.29) is 23.7 Å². The Morgan fingerprint density at radius 1 is 1.42 bits per heavy atom. The summed E-state index contributed by atoms with van der Waals surface area (Å²) in [4.78, 5) is 24.4. The predicted octanol–water partition coefficient (Wildman–Crippen LogP) is 2.46. The van der Waals surface area contributed by atoms with Gasteiger partial charge in [0, 0.05) is 38.4 Å². The van der Waals surface area contributed by atoms with Gasteiger partial charge in [0.25, 0.3) is 5.69 Å². The van der Waals surface area contributed by atoms with Crippen LogP contribution in [0.5, 0.6) is 0 Å². The molecule has 7 heteroatoms. The zero-order chi connectivity index (χ0) is 17.7. The van der Waals surface area contributed by atoms with Crippen LogP contribution in [0.4, 0.5) is 10.5 Å². The zero-order valence-corrected chi connectivity index (χ0v) is 14.2. The fourth-order valence-electron chi connectivity index (χ4n) is 2.78. The molecule has 1 aliphatic heterocycles. The van der Waals surface area contributed by atoms with Crippen LogP contribution in [-0.4, -0.2) is 40.7 Å². The van der Waals surface area contributed by atoms with Crippen molar-refractivity contribution < 1.29 is 14.8 Å². The molecule has 2 N–H and O–H groups in total. The Morgan fingerprint density at radius 2 is 2.17 bits per heavy atom. The highest BCUT2D eigenvalue weighted by molar-refractivity contribution is 5.74. The third-order valence-corrected chi connectivity index (χ3v) is 4.43. The maximum Gasteiger partial charge on any atom is 0.317 e. The molecule has 2 amide bonds. The monoisotopic (exact) mass is 335 g/mol. The summed E-state index contributed by atoms with van der Waals surface area (Å²) in [6.07, 6.45) is 2.34. The average molecular weight is 335 g/mol. The summed E-state index contributed by atoms with van der Waals surface area (Å²) in [5.41, 5.74) is 1.83. The van der Waals surface area contributed by atoms with E-state index < -0.39 is 4.92 Å². The number of hydrogen-bond acceptors (Lipinski definition) is 4. The van der Waals surface area contributed by atoms with Gasteiger partial charge >= 0.3 is 6.03 Å². The van der Waals surface area contributed by atoms with Gasteiger partial charge in [-0.25, -0.2) is 4.79 Å². The molecule has 132 valence electrons. The lowest BCUT2D eigenvalue weighted by molar-refractivity contribution is -0.385. The number of amides is 2. The largest absolute Gasteiger partial charge is 0.396 e. The van der Waals surface area contributed by atoms with Crippen molar-refractivity contribution in [3.05, 3.63) is 39.4 Å². The molecule has 0 radical (unpaired) electrons. The molecule has 0 bridgehead atoms. The molecule has 7 nitrogen and oxygen atoms in total. The molecule has 0 saturated heterocycles. The molecule has 2 rings (SSSR count). The quantitative estimate of drug-likeness (QED) is 0.474. The molecular weight excluding hydrogens is 310 g/mol. The van der Waals surface area contributed by atoms with E-state index in [0.29, 0.717) is 26.1 Å². The zero-order valence-electron chi connectivity index (χ0n) is 14.2. The van der Waals surface area contributed by atoms with Crippen molar-refractivity contribution in [2.45, 2.75) is 39.7 Å². The van der Waals surface area contributed by atoms with Crippen molar-refractivity contribution in [1.29, 1.82) is 0 Å². The van der Waals surface area contributed by atoms with Crippen LogP contribution < -0.4 is 5.32 Å². The maximum absolute atomic E-state index is 12.3. The Hall–Kier alpha value is -2.15. The lowest BCUT2D eigenvalue weighted by Gasteiger charge is -2.29. The number of benzene rings is 1. The van der Waals surface area contributed by atoms with E-state index in [1.807, 2.05) is 13.8 Å². The van der Waals surface area contributed by atoms with Crippen LogP contribution in [0.2, 0.25) is 0 Å². The van der Waals surface area contributed by atoms with Gasteiger partial charge in [0.05, 0.1) is 4.92 Å². The molecule has 0 fully saturated rings. The molecule has 0 unspecified atom stereocenters. The Kier molecular flexibility index (Phi) is 5.77. The van der Waals surface area contributed by atoms with E-state index >= 15 is 0 Å². The van der Waals surface area contributed by atoms with E-state index in [1.54, 1.807) is 17.0 Å². The van der Waals surface area contributed by atoms with Crippen molar-refractivity contribution >= 4 is 11.7 Å². The van der Waals surface area contributed by atoms with Crippen LogP contribution in [0.3, 0.4) is 0 Å². The minimum absolute atomic E-state index is 0.0576. The molecular formula is C17H25N3O4. The standard InChI is InChI=1S/C17H25N3O4/c1-17(2,12-21)7-3-8-18-16(22)19-9-6-13-4-5-15(20(23)24)10-14(13)11-19/h4-5,10,21H,3,6-9,11-12H2,1-2H3,(H,18,22). The van der Waals surface area contributed by atoms with Gasteiger partial charge in [-0.1, -0.05) is 19.9 Å². The molecule has 0 aliphatic carbocycles. The van der Waals surface area contributed by atoms with Crippen molar-refractivity contribution in [3.63, 3.8) is 0 Å². The lowest BCUT2D eigenvalue weighted by atomic mass is 9.89. The third kappa shape index (κ3) is 4.67. The second kappa shape index (κ2) is 7.61. The van der Waals surface area contributed by atoms with E-state index in [1.165, 1.54) is 6.07 Å². The molecule has 0 atom stereocenters. The van der Waals surface area contributed by atoms with Gasteiger partial charge in [-0.3, -0.25) is 10.1 Å². The first kappa shape index (κ1) is 18.2. The number of nitro benzene ring substituents is 1. The van der Waals surface area contributed by atoms with E-state index in [2.05, 4.69) is 5.32 Å². The summed E-state index contributed by atoms with van der Waals surface area (Å²) >= 11 is 0. The fraction of sp³-hybridized carbons (Fsp3) is 0.588. The number of urea groups is 1. The lowest BCUT2D eigenvalue weighted by Crippen LogP contribution is -2.43. The summed E-state index contributed by atoms with van der Waals surface area (Å²) in [5, 5.41) is 23.0. The predicted molar refractivity (Wildman–Crippen MR) is 90.7 cm³/mol. The third-order valence-electron chi connectivity index (χ3n) is 4.43. The summed E-state index contributed by atoms with van der Waals surface area (Å²) in [6, 6.07) is 4.70. The Morgan fingerprint density at radius 3 is 2.83 bits per heavy atom. The highest BCUT2D eigenvalue weighted by Gasteiger charge is 2.22. The average Bonchev–Trinajstić information content (AvgIpc) is 2.57. The maximum atomic E-state index is 12.3. The van der Waals surface area contributed by atoms with Crippen molar-refractivity contribution in [2.24, 2.45) is 5.41 Å². The number of non-ortho nitro benzene ring substituents is 1. The second-order valence-electron chi connectivity index (χ2n) is 7.04. The van der Waals surface area contributed by atoms with E-state index in [9.17, 15) is 20.0 Å². The smallest absolute Gasteiger partial charge is 0.317 e. The fourth-order valence-corrected chi connectivity index (χ4v) is 2.78. The Bertz CT molecular complexity index is 616. The second-order valence-corrected chi connectivity index (χ2v) is 7.04. The van der Waals surface area contributed by atoms with E-state index in [0.717, 1.165) is 24.0 Å². The van der Waals surface area contributed by atoms with Crippen molar-refractivity contribution in [1.82, 2.24) is 10.2 Å². The van der Waals surface area contributed by atoms with Crippen molar-refractivity contribution in [3.8, 4) is 0 Å². The minimum Gasteiger partial charge on any atom is -0.396 e. The van der Waals surface area contributed by atoms with Crippen LogP contribution in [0.15, 0.2) is 18.2 Å². The normalized spacial score (nSPS) is 14.2. The van der Waals surface area contributed by atoms with Crippen LogP contribution >= 0.6 is 0 Å².